The molecule has 1 aliphatic heterocycles. The Balaban J connectivity index is 1.67. The number of amides is 1. The molecule has 4 aromatic rings. The first-order valence-corrected chi connectivity index (χ1v) is 12.1. The van der Waals surface area contributed by atoms with E-state index in [1.54, 1.807) is 49.6 Å². The minimum atomic E-state index is -0.826. The number of ketones is 1. The summed E-state index contributed by atoms with van der Waals surface area (Å²) >= 11 is 0. The molecule has 1 unspecified atom stereocenters. The van der Waals surface area contributed by atoms with Crippen LogP contribution in [0, 0.1) is 0 Å². The molecule has 4 aromatic carbocycles. The maximum atomic E-state index is 13.4. The molecule has 37 heavy (non-hydrogen) atoms. The Kier molecular flexibility index (Phi) is 6.40. The maximum Gasteiger partial charge on any atom is 0.300 e. The first-order chi connectivity index (χ1) is 17.9. The molecule has 186 valence electrons. The van der Waals surface area contributed by atoms with E-state index in [1.165, 1.54) is 4.90 Å². The average Bonchev–Trinajstić information content (AvgIpc) is 3.18. The van der Waals surface area contributed by atoms with Crippen molar-refractivity contribution >= 4 is 33.9 Å². The molecule has 0 spiro atoms. The van der Waals surface area contributed by atoms with Gasteiger partial charge in [-0.2, -0.15) is 0 Å². The average molecular weight is 494 g/mol. The predicted octanol–water partition coefficient (Wildman–Crippen LogP) is 6.26. The zero-order valence-corrected chi connectivity index (χ0v) is 20.8. The molecule has 1 heterocycles. The number of aliphatic hydroxyl groups is 1. The summed E-state index contributed by atoms with van der Waals surface area (Å²) in [5.74, 6) is -0.362. The van der Waals surface area contributed by atoms with Crippen LogP contribution in [0.3, 0.4) is 0 Å². The smallest absolute Gasteiger partial charge is 0.300 e. The summed E-state index contributed by atoms with van der Waals surface area (Å²) in [6.45, 7) is 3.88. The lowest BCUT2D eigenvalue weighted by atomic mass is 9.94. The van der Waals surface area contributed by atoms with E-state index in [0.717, 1.165) is 10.8 Å². The summed E-state index contributed by atoms with van der Waals surface area (Å²) in [6, 6.07) is 26.6. The van der Waals surface area contributed by atoms with Crippen LogP contribution >= 0.6 is 0 Å². The quantitative estimate of drug-likeness (QED) is 0.195. The van der Waals surface area contributed by atoms with Crippen molar-refractivity contribution in [2.45, 2.75) is 26.0 Å². The maximum absolute atomic E-state index is 13.4. The molecule has 0 bridgehead atoms. The van der Waals surface area contributed by atoms with Gasteiger partial charge in [-0.1, -0.05) is 48.5 Å². The largest absolute Gasteiger partial charge is 0.507 e. The number of anilines is 1. The summed E-state index contributed by atoms with van der Waals surface area (Å²) in [5, 5.41) is 13.4. The molecule has 1 N–H and O–H groups in total. The number of hydrogen-bond acceptors (Lipinski definition) is 5. The van der Waals surface area contributed by atoms with Gasteiger partial charge in [0.1, 0.15) is 17.3 Å². The highest BCUT2D eigenvalue weighted by Gasteiger charge is 2.47. The minimum Gasteiger partial charge on any atom is -0.507 e. The third-order valence-corrected chi connectivity index (χ3v) is 6.39. The monoisotopic (exact) mass is 493 g/mol. The van der Waals surface area contributed by atoms with Crippen LogP contribution in [0.15, 0.2) is 96.6 Å². The van der Waals surface area contributed by atoms with E-state index in [4.69, 9.17) is 9.47 Å². The number of Topliss-reactive ketones (excluding diaryl/α,β-unsaturated/α-hetero) is 1. The number of hydrogen-bond donors (Lipinski definition) is 1. The fourth-order valence-corrected chi connectivity index (χ4v) is 4.65. The second-order valence-corrected chi connectivity index (χ2v) is 9.16. The molecule has 0 saturated carbocycles. The van der Waals surface area contributed by atoms with Crippen molar-refractivity contribution in [2.75, 3.05) is 12.0 Å². The Morgan fingerprint density at radius 1 is 0.838 bits per heavy atom. The zero-order chi connectivity index (χ0) is 26.1. The van der Waals surface area contributed by atoms with Crippen molar-refractivity contribution < 1.29 is 24.2 Å². The minimum absolute atomic E-state index is 0.00342. The van der Waals surface area contributed by atoms with Gasteiger partial charge >= 0.3 is 0 Å². The van der Waals surface area contributed by atoms with E-state index in [9.17, 15) is 14.7 Å². The second-order valence-electron chi connectivity index (χ2n) is 9.16. The van der Waals surface area contributed by atoms with Gasteiger partial charge in [-0.15, -0.1) is 0 Å². The van der Waals surface area contributed by atoms with Crippen molar-refractivity contribution in [3.63, 3.8) is 0 Å². The van der Waals surface area contributed by atoms with Gasteiger partial charge < -0.3 is 14.6 Å². The molecule has 6 heteroatoms. The van der Waals surface area contributed by atoms with Gasteiger partial charge in [0, 0.05) is 11.3 Å². The summed E-state index contributed by atoms with van der Waals surface area (Å²) in [5.41, 5.74) is 1.70. The van der Waals surface area contributed by atoms with Gasteiger partial charge in [0.25, 0.3) is 11.7 Å². The third-order valence-electron chi connectivity index (χ3n) is 6.39. The van der Waals surface area contributed by atoms with E-state index in [1.807, 2.05) is 62.4 Å². The summed E-state index contributed by atoms with van der Waals surface area (Å²) in [7, 11) is 1.56. The first-order valence-electron chi connectivity index (χ1n) is 12.1. The number of aliphatic hydroxyl groups excluding tert-OH is 1. The van der Waals surface area contributed by atoms with Crippen molar-refractivity contribution in [2.24, 2.45) is 0 Å². The summed E-state index contributed by atoms with van der Waals surface area (Å²) in [4.78, 5) is 28.2. The normalized spacial score (nSPS) is 17.0. The van der Waals surface area contributed by atoms with Crippen LogP contribution in [0.1, 0.15) is 31.0 Å². The van der Waals surface area contributed by atoms with Crippen molar-refractivity contribution in [3.8, 4) is 11.5 Å². The Morgan fingerprint density at radius 2 is 1.49 bits per heavy atom. The van der Waals surface area contributed by atoms with E-state index in [-0.39, 0.29) is 17.4 Å². The van der Waals surface area contributed by atoms with Gasteiger partial charge in [0.2, 0.25) is 0 Å². The van der Waals surface area contributed by atoms with Gasteiger partial charge in [0.15, 0.2) is 0 Å². The van der Waals surface area contributed by atoms with Crippen molar-refractivity contribution in [3.05, 3.63) is 108 Å². The number of carbonyl (C=O) groups excluding carboxylic acids is 2. The summed E-state index contributed by atoms with van der Waals surface area (Å²) in [6.07, 6.45) is 0.00342. The third kappa shape index (κ3) is 4.54. The Morgan fingerprint density at radius 3 is 2.14 bits per heavy atom. The van der Waals surface area contributed by atoms with E-state index in [2.05, 4.69) is 0 Å². The van der Waals surface area contributed by atoms with Crippen LogP contribution in [0.2, 0.25) is 0 Å². The number of ether oxygens (including phenoxy) is 2. The fourth-order valence-electron chi connectivity index (χ4n) is 4.65. The van der Waals surface area contributed by atoms with Gasteiger partial charge in [-0.05, 0) is 72.6 Å². The number of fused-ring (bicyclic) bond motifs is 1. The van der Waals surface area contributed by atoms with Crippen LogP contribution in [0.5, 0.6) is 11.5 Å². The molecule has 6 nitrogen and oxygen atoms in total. The zero-order valence-electron chi connectivity index (χ0n) is 20.8. The highest BCUT2D eigenvalue weighted by atomic mass is 16.5. The number of benzene rings is 4. The highest BCUT2D eigenvalue weighted by Crippen LogP contribution is 2.43. The van der Waals surface area contributed by atoms with Crippen molar-refractivity contribution in [1.29, 1.82) is 0 Å². The van der Waals surface area contributed by atoms with Crippen LogP contribution in [0.25, 0.3) is 16.5 Å². The molecule has 1 aliphatic rings. The van der Waals surface area contributed by atoms with Gasteiger partial charge in [0.05, 0.1) is 24.8 Å². The predicted molar refractivity (Wildman–Crippen MR) is 144 cm³/mol. The van der Waals surface area contributed by atoms with Crippen LogP contribution in [-0.4, -0.2) is 30.0 Å². The Labute approximate surface area is 215 Å². The molecular weight excluding hydrogens is 466 g/mol. The van der Waals surface area contributed by atoms with E-state index < -0.39 is 17.7 Å². The topological polar surface area (TPSA) is 76.1 Å². The first kappa shape index (κ1) is 24.1. The lowest BCUT2D eigenvalue weighted by Gasteiger charge is -2.26. The van der Waals surface area contributed by atoms with Crippen LogP contribution < -0.4 is 14.4 Å². The molecule has 0 radical (unpaired) electrons. The molecule has 5 rings (SSSR count). The SMILES string of the molecule is COc1ccc(N2C(=O)C(=O)/C(=C(\O)c3ccc4ccccc4c3)C2c2ccc(OC(C)C)cc2)cc1. The van der Waals surface area contributed by atoms with Crippen molar-refractivity contribution in [1.82, 2.24) is 0 Å². The van der Waals surface area contributed by atoms with Gasteiger partial charge in [-0.3, -0.25) is 14.5 Å². The number of methoxy groups -OCH3 is 1. The van der Waals surface area contributed by atoms with E-state index >= 15 is 0 Å². The van der Waals surface area contributed by atoms with E-state index in [0.29, 0.717) is 28.3 Å². The molecule has 1 saturated heterocycles. The molecule has 0 aliphatic carbocycles. The number of rotatable bonds is 6. The number of carbonyl (C=O) groups is 2. The Bertz CT molecular complexity index is 1500. The second kappa shape index (κ2) is 9.82. The summed E-state index contributed by atoms with van der Waals surface area (Å²) < 4.78 is 11.0. The molecule has 1 fully saturated rings. The fraction of sp³-hybridized carbons (Fsp3) is 0.161. The lowest BCUT2D eigenvalue weighted by Crippen LogP contribution is -2.29. The van der Waals surface area contributed by atoms with Gasteiger partial charge in [-0.25, -0.2) is 0 Å². The standard InChI is InChI=1S/C31H27NO5/c1-19(2)37-26-14-10-21(11-15-26)28-27(29(33)23-9-8-20-6-4-5-7-22(20)18-23)30(34)31(35)32(28)24-12-16-25(36-3)17-13-24/h4-19,28,33H,1-3H3/b29-27-. The van der Waals surface area contributed by atoms with Crippen LogP contribution in [0.4, 0.5) is 5.69 Å². The molecule has 0 aromatic heterocycles. The molecule has 1 amide bonds. The van der Waals surface area contributed by atoms with Crippen LogP contribution in [-0.2, 0) is 9.59 Å². The highest BCUT2D eigenvalue weighted by molar-refractivity contribution is 6.51. The number of nitrogens with zero attached hydrogens (tertiary/aromatic N) is 1. The Hall–Kier alpha value is -4.58. The molecular formula is C31H27NO5. The lowest BCUT2D eigenvalue weighted by molar-refractivity contribution is -0.132. The molecule has 1 atom stereocenters.